The van der Waals surface area contributed by atoms with Gasteiger partial charge in [0.15, 0.2) is 0 Å². The van der Waals surface area contributed by atoms with Crippen molar-refractivity contribution in [3.63, 3.8) is 0 Å². The fraction of sp³-hybridized carbons (Fsp3) is 0.476. The highest BCUT2D eigenvalue weighted by atomic mass is 32.1. The molecule has 0 spiro atoms. The number of thiophene rings is 1. The summed E-state index contributed by atoms with van der Waals surface area (Å²) in [6.07, 6.45) is 2.91. The molecular formula is C21H27N3OS. The number of hydrogen-bond donors (Lipinski definition) is 1. The van der Waals surface area contributed by atoms with Gasteiger partial charge in [0.25, 0.3) is 0 Å². The Morgan fingerprint density at radius 3 is 2.65 bits per heavy atom. The van der Waals surface area contributed by atoms with Crippen molar-refractivity contribution < 1.29 is 4.79 Å². The van der Waals surface area contributed by atoms with E-state index in [2.05, 4.69) is 63.9 Å². The summed E-state index contributed by atoms with van der Waals surface area (Å²) < 4.78 is 0. The molecule has 0 aliphatic carbocycles. The van der Waals surface area contributed by atoms with Gasteiger partial charge in [-0.2, -0.15) is 0 Å². The van der Waals surface area contributed by atoms with Crippen LogP contribution in [0.2, 0.25) is 0 Å². The molecule has 0 saturated carbocycles. The van der Waals surface area contributed by atoms with Gasteiger partial charge in [-0.25, -0.2) is 0 Å². The molecule has 0 unspecified atom stereocenters. The molecule has 1 amide bonds. The molecule has 4 rings (SSSR count). The van der Waals surface area contributed by atoms with Gasteiger partial charge in [0.2, 0.25) is 5.91 Å². The average Bonchev–Trinajstić information content (AvgIpc) is 3.16. The lowest BCUT2D eigenvalue weighted by Crippen LogP contribution is -2.53. The number of nitrogens with one attached hydrogen (secondary N) is 1. The minimum Gasteiger partial charge on any atom is -0.352 e. The molecule has 3 heterocycles. The zero-order chi connectivity index (χ0) is 17.9. The molecule has 0 bridgehead atoms. The second-order valence-corrected chi connectivity index (χ2v) is 8.57. The van der Waals surface area contributed by atoms with E-state index in [0.29, 0.717) is 6.04 Å². The van der Waals surface area contributed by atoms with Crippen molar-refractivity contribution in [3.8, 4) is 0 Å². The number of carbonyl (C=O) groups excluding carboxylic acids is 1. The van der Waals surface area contributed by atoms with Crippen LogP contribution in [0.1, 0.15) is 28.8 Å². The number of amides is 1. The van der Waals surface area contributed by atoms with E-state index in [1.54, 1.807) is 0 Å². The minimum absolute atomic E-state index is 0.0472. The number of likely N-dealkylation sites (N-methyl/N-ethyl adjacent to an activating group) is 1. The number of benzene rings is 1. The number of rotatable bonds is 4. The molecule has 0 radical (unpaired) electrons. The van der Waals surface area contributed by atoms with E-state index < -0.39 is 0 Å². The van der Waals surface area contributed by atoms with Crippen LogP contribution in [-0.4, -0.2) is 47.9 Å². The van der Waals surface area contributed by atoms with Crippen LogP contribution in [0.3, 0.4) is 0 Å². The molecular weight excluding hydrogens is 342 g/mol. The molecule has 2 aromatic rings. The van der Waals surface area contributed by atoms with E-state index in [0.717, 1.165) is 45.4 Å². The summed E-state index contributed by atoms with van der Waals surface area (Å²) in [5.41, 5.74) is 2.66. The van der Waals surface area contributed by atoms with Crippen molar-refractivity contribution in [2.45, 2.75) is 44.4 Å². The molecule has 1 saturated heterocycles. The molecule has 1 atom stereocenters. The van der Waals surface area contributed by atoms with Crippen LogP contribution >= 0.6 is 11.3 Å². The number of piperidine rings is 1. The zero-order valence-electron chi connectivity index (χ0n) is 15.4. The van der Waals surface area contributed by atoms with Gasteiger partial charge >= 0.3 is 0 Å². The van der Waals surface area contributed by atoms with Crippen LogP contribution in [0, 0.1) is 0 Å². The van der Waals surface area contributed by atoms with Crippen LogP contribution in [-0.2, 0) is 24.3 Å². The highest BCUT2D eigenvalue weighted by Crippen LogP contribution is 2.23. The zero-order valence-corrected chi connectivity index (χ0v) is 16.2. The maximum Gasteiger partial charge on any atom is 0.237 e. The summed E-state index contributed by atoms with van der Waals surface area (Å²) in [6, 6.07) is 13.1. The van der Waals surface area contributed by atoms with Crippen LogP contribution in [0.4, 0.5) is 0 Å². The van der Waals surface area contributed by atoms with Crippen molar-refractivity contribution >= 4 is 17.2 Å². The number of likely N-dealkylation sites (tertiary alicyclic amines) is 1. The van der Waals surface area contributed by atoms with Gasteiger partial charge in [-0.1, -0.05) is 30.3 Å². The summed E-state index contributed by atoms with van der Waals surface area (Å²) in [5.74, 6) is 0.193. The van der Waals surface area contributed by atoms with Gasteiger partial charge < -0.3 is 5.32 Å². The van der Waals surface area contributed by atoms with Crippen molar-refractivity contribution in [1.82, 2.24) is 15.1 Å². The lowest BCUT2D eigenvalue weighted by atomic mass is 9.93. The second kappa shape index (κ2) is 7.91. The normalized spacial score (nSPS) is 22.1. The minimum atomic E-state index is -0.0472. The predicted molar refractivity (Wildman–Crippen MR) is 106 cm³/mol. The number of fused-ring (bicyclic) bond motifs is 1. The van der Waals surface area contributed by atoms with Crippen molar-refractivity contribution in [2.75, 3.05) is 20.1 Å². The molecule has 2 aliphatic heterocycles. The fourth-order valence-electron chi connectivity index (χ4n) is 4.10. The molecule has 1 aromatic carbocycles. The van der Waals surface area contributed by atoms with Crippen LogP contribution < -0.4 is 5.32 Å². The summed E-state index contributed by atoms with van der Waals surface area (Å²) in [4.78, 5) is 19.0. The Bertz CT molecular complexity index is 737. The lowest BCUT2D eigenvalue weighted by molar-refractivity contribution is -0.127. The second-order valence-electron chi connectivity index (χ2n) is 7.54. The lowest BCUT2D eigenvalue weighted by Gasteiger charge is -2.36. The Morgan fingerprint density at radius 2 is 1.92 bits per heavy atom. The van der Waals surface area contributed by atoms with Crippen molar-refractivity contribution in [1.29, 1.82) is 0 Å². The van der Waals surface area contributed by atoms with E-state index in [-0.39, 0.29) is 11.9 Å². The highest BCUT2D eigenvalue weighted by molar-refractivity contribution is 7.09. The monoisotopic (exact) mass is 369 g/mol. The first-order valence-electron chi connectivity index (χ1n) is 9.51. The van der Waals surface area contributed by atoms with E-state index in [1.165, 1.54) is 16.0 Å². The first-order valence-corrected chi connectivity index (χ1v) is 10.4. The SMILES string of the molecule is CN1Cc2ccccc2C[C@H]1C(=O)NC1CCN(Cc2cccs2)CC1. The smallest absolute Gasteiger partial charge is 0.237 e. The van der Waals surface area contributed by atoms with Gasteiger partial charge in [-0.3, -0.25) is 14.6 Å². The molecule has 2 aliphatic rings. The number of carbonyl (C=O) groups is 1. The summed E-state index contributed by atoms with van der Waals surface area (Å²) in [6.45, 7) is 4.02. The molecule has 1 fully saturated rings. The molecule has 1 N–H and O–H groups in total. The first-order chi connectivity index (χ1) is 12.7. The molecule has 1 aromatic heterocycles. The van der Waals surface area contributed by atoms with Crippen molar-refractivity contribution in [3.05, 3.63) is 57.8 Å². The number of nitrogens with zero attached hydrogens (tertiary/aromatic N) is 2. The Kier molecular flexibility index (Phi) is 5.38. The molecule has 26 heavy (non-hydrogen) atoms. The highest BCUT2D eigenvalue weighted by Gasteiger charge is 2.31. The molecule has 4 nitrogen and oxygen atoms in total. The third-order valence-electron chi connectivity index (χ3n) is 5.68. The third kappa shape index (κ3) is 4.00. The van der Waals surface area contributed by atoms with Crippen LogP contribution in [0.5, 0.6) is 0 Å². The molecule has 138 valence electrons. The van der Waals surface area contributed by atoms with Gasteiger partial charge in [-0.05, 0) is 48.9 Å². The first kappa shape index (κ1) is 17.7. The summed E-state index contributed by atoms with van der Waals surface area (Å²) in [5, 5.41) is 5.46. The maximum absolute atomic E-state index is 12.9. The van der Waals surface area contributed by atoms with E-state index in [4.69, 9.17) is 0 Å². The van der Waals surface area contributed by atoms with Gasteiger partial charge in [0.05, 0.1) is 6.04 Å². The average molecular weight is 370 g/mol. The maximum atomic E-state index is 12.9. The fourth-order valence-corrected chi connectivity index (χ4v) is 4.85. The van der Waals surface area contributed by atoms with E-state index >= 15 is 0 Å². The Balaban J connectivity index is 1.29. The van der Waals surface area contributed by atoms with Gasteiger partial charge in [0.1, 0.15) is 0 Å². The van der Waals surface area contributed by atoms with E-state index in [9.17, 15) is 4.79 Å². The summed E-state index contributed by atoms with van der Waals surface area (Å²) in [7, 11) is 2.06. The quantitative estimate of drug-likeness (QED) is 0.900. The van der Waals surface area contributed by atoms with Crippen LogP contribution in [0.15, 0.2) is 41.8 Å². The summed E-state index contributed by atoms with van der Waals surface area (Å²) >= 11 is 1.82. The third-order valence-corrected chi connectivity index (χ3v) is 6.54. The Morgan fingerprint density at radius 1 is 1.15 bits per heavy atom. The van der Waals surface area contributed by atoms with Gasteiger partial charge in [0, 0.05) is 37.1 Å². The predicted octanol–water partition coefficient (Wildman–Crippen LogP) is 2.89. The number of hydrogen-bond acceptors (Lipinski definition) is 4. The largest absolute Gasteiger partial charge is 0.352 e. The van der Waals surface area contributed by atoms with Gasteiger partial charge in [-0.15, -0.1) is 11.3 Å². The van der Waals surface area contributed by atoms with Crippen molar-refractivity contribution in [2.24, 2.45) is 0 Å². The Hall–Kier alpha value is -1.69. The topological polar surface area (TPSA) is 35.6 Å². The standard InChI is InChI=1S/C21H27N3OS/c1-23-14-17-6-3-2-5-16(17)13-20(23)21(25)22-18-8-10-24(11-9-18)15-19-7-4-12-26-19/h2-7,12,18,20H,8-11,13-15H2,1H3,(H,22,25)/t20-/m0/s1. The Labute approximate surface area is 159 Å². The van der Waals surface area contributed by atoms with E-state index in [1.807, 2.05) is 11.3 Å². The van der Waals surface area contributed by atoms with Crippen LogP contribution in [0.25, 0.3) is 0 Å². The molecule has 5 heteroatoms.